The second-order valence-electron chi connectivity index (χ2n) is 3.92. The number of nitrogens with one attached hydrogen (secondary N) is 1. The third kappa shape index (κ3) is 3.15. The molecule has 0 unspecified atom stereocenters. The van der Waals surface area contributed by atoms with Crippen LogP contribution in [0.5, 0.6) is 0 Å². The van der Waals surface area contributed by atoms with Crippen LogP contribution in [0, 0.1) is 0 Å². The SMILES string of the molecule is C[C@H](NCc1ccc(CO)o1)c1cccnc1. The van der Waals surface area contributed by atoms with Crippen molar-refractivity contribution in [3.63, 3.8) is 0 Å². The molecular weight excluding hydrogens is 216 g/mol. The third-order valence-corrected chi connectivity index (χ3v) is 2.64. The summed E-state index contributed by atoms with van der Waals surface area (Å²) in [6.07, 6.45) is 3.61. The molecule has 0 saturated carbocycles. The van der Waals surface area contributed by atoms with Gasteiger partial charge in [-0.15, -0.1) is 0 Å². The monoisotopic (exact) mass is 232 g/mol. The highest BCUT2D eigenvalue weighted by molar-refractivity contribution is 5.13. The Kier molecular flexibility index (Phi) is 3.90. The van der Waals surface area contributed by atoms with E-state index in [1.165, 1.54) is 0 Å². The van der Waals surface area contributed by atoms with E-state index >= 15 is 0 Å². The molecule has 0 radical (unpaired) electrons. The second kappa shape index (κ2) is 5.61. The first-order valence-electron chi connectivity index (χ1n) is 5.61. The van der Waals surface area contributed by atoms with E-state index in [1.807, 2.05) is 24.4 Å². The van der Waals surface area contributed by atoms with Gasteiger partial charge < -0.3 is 14.8 Å². The van der Waals surface area contributed by atoms with Crippen LogP contribution in [-0.4, -0.2) is 10.1 Å². The molecule has 0 aromatic carbocycles. The molecule has 2 aromatic heterocycles. The molecule has 0 spiro atoms. The molecule has 2 heterocycles. The topological polar surface area (TPSA) is 58.3 Å². The maximum absolute atomic E-state index is 8.88. The molecule has 2 rings (SSSR count). The van der Waals surface area contributed by atoms with E-state index in [9.17, 15) is 0 Å². The van der Waals surface area contributed by atoms with Crippen molar-refractivity contribution in [3.05, 3.63) is 53.7 Å². The molecule has 0 aliphatic rings. The maximum Gasteiger partial charge on any atom is 0.129 e. The van der Waals surface area contributed by atoms with Crippen LogP contribution in [0.2, 0.25) is 0 Å². The van der Waals surface area contributed by atoms with Gasteiger partial charge in [0.15, 0.2) is 0 Å². The zero-order chi connectivity index (χ0) is 12.1. The van der Waals surface area contributed by atoms with Crippen molar-refractivity contribution < 1.29 is 9.52 Å². The molecule has 0 amide bonds. The summed E-state index contributed by atoms with van der Waals surface area (Å²) in [4.78, 5) is 4.08. The minimum Gasteiger partial charge on any atom is -0.462 e. The Morgan fingerprint density at radius 3 is 2.82 bits per heavy atom. The van der Waals surface area contributed by atoms with Crippen molar-refractivity contribution >= 4 is 0 Å². The number of hydrogen-bond acceptors (Lipinski definition) is 4. The summed E-state index contributed by atoms with van der Waals surface area (Å²) in [7, 11) is 0. The summed E-state index contributed by atoms with van der Waals surface area (Å²) in [5.74, 6) is 1.42. The van der Waals surface area contributed by atoms with Gasteiger partial charge in [-0.2, -0.15) is 0 Å². The molecule has 0 saturated heterocycles. The Morgan fingerprint density at radius 2 is 2.18 bits per heavy atom. The molecular formula is C13H16N2O2. The van der Waals surface area contributed by atoms with Crippen LogP contribution in [0.4, 0.5) is 0 Å². The number of rotatable bonds is 5. The minimum absolute atomic E-state index is 0.0574. The predicted octanol–water partition coefficient (Wildman–Crippen LogP) is 2.02. The summed E-state index contributed by atoms with van der Waals surface area (Å²) >= 11 is 0. The Hall–Kier alpha value is -1.65. The van der Waals surface area contributed by atoms with Crippen molar-refractivity contribution in [1.29, 1.82) is 0 Å². The van der Waals surface area contributed by atoms with Crippen LogP contribution in [0.15, 0.2) is 41.1 Å². The van der Waals surface area contributed by atoms with Crippen LogP contribution in [-0.2, 0) is 13.2 Å². The summed E-state index contributed by atoms with van der Waals surface area (Å²) in [5.41, 5.74) is 1.14. The Balaban J connectivity index is 1.90. The molecule has 2 aromatic rings. The van der Waals surface area contributed by atoms with Crippen molar-refractivity contribution in [3.8, 4) is 0 Å². The van der Waals surface area contributed by atoms with Gasteiger partial charge in [0.25, 0.3) is 0 Å². The van der Waals surface area contributed by atoms with Crippen molar-refractivity contribution in [2.45, 2.75) is 26.1 Å². The molecule has 1 atom stereocenters. The molecule has 90 valence electrons. The van der Waals surface area contributed by atoms with E-state index in [1.54, 1.807) is 12.3 Å². The minimum atomic E-state index is -0.0574. The lowest BCUT2D eigenvalue weighted by Gasteiger charge is -2.12. The summed E-state index contributed by atoms with van der Waals surface area (Å²) in [5, 5.41) is 12.2. The van der Waals surface area contributed by atoms with Gasteiger partial charge in [0.1, 0.15) is 18.1 Å². The fraction of sp³-hybridized carbons (Fsp3) is 0.308. The lowest BCUT2D eigenvalue weighted by molar-refractivity contribution is 0.242. The fourth-order valence-corrected chi connectivity index (χ4v) is 1.61. The third-order valence-electron chi connectivity index (χ3n) is 2.64. The van der Waals surface area contributed by atoms with Crippen molar-refractivity contribution in [2.24, 2.45) is 0 Å². The molecule has 0 fully saturated rings. The molecule has 0 bridgehead atoms. The highest BCUT2D eigenvalue weighted by Gasteiger charge is 2.06. The average molecular weight is 232 g/mol. The number of pyridine rings is 1. The van der Waals surface area contributed by atoms with Gasteiger partial charge in [0.2, 0.25) is 0 Å². The highest BCUT2D eigenvalue weighted by atomic mass is 16.4. The number of furan rings is 1. The summed E-state index contributed by atoms with van der Waals surface area (Å²) in [6, 6.07) is 7.82. The van der Waals surface area contributed by atoms with Gasteiger partial charge in [0.05, 0.1) is 6.54 Å². The van der Waals surface area contributed by atoms with Crippen molar-refractivity contribution in [2.75, 3.05) is 0 Å². The van der Waals surface area contributed by atoms with Gasteiger partial charge in [0, 0.05) is 18.4 Å². The quantitative estimate of drug-likeness (QED) is 0.828. The fourth-order valence-electron chi connectivity index (χ4n) is 1.61. The largest absolute Gasteiger partial charge is 0.462 e. The molecule has 17 heavy (non-hydrogen) atoms. The standard InChI is InChI=1S/C13H16N2O2/c1-10(11-3-2-6-14-7-11)15-8-12-4-5-13(9-16)17-12/h2-7,10,15-16H,8-9H2,1H3/t10-/m0/s1. The van der Waals surface area contributed by atoms with Gasteiger partial charge >= 0.3 is 0 Å². The first kappa shape index (κ1) is 11.8. The summed E-state index contributed by atoms with van der Waals surface area (Å²) < 4.78 is 5.39. The molecule has 0 aliphatic heterocycles. The molecule has 4 heteroatoms. The lowest BCUT2D eigenvalue weighted by atomic mass is 10.1. The first-order valence-corrected chi connectivity index (χ1v) is 5.61. The number of nitrogens with zero attached hydrogens (tertiary/aromatic N) is 1. The number of aliphatic hydroxyl groups is 1. The smallest absolute Gasteiger partial charge is 0.129 e. The average Bonchev–Trinajstić information content (AvgIpc) is 2.85. The van der Waals surface area contributed by atoms with Gasteiger partial charge in [-0.05, 0) is 30.7 Å². The van der Waals surface area contributed by atoms with E-state index in [4.69, 9.17) is 9.52 Å². The number of aromatic nitrogens is 1. The second-order valence-corrected chi connectivity index (χ2v) is 3.92. The van der Waals surface area contributed by atoms with Crippen molar-refractivity contribution in [1.82, 2.24) is 10.3 Å². The van der Waals surface area contributed by atoms with E-state index in [0.29, 0.717) is 12.3 Å². The van der Waals surface area contributed by atoms with Gasteiger partial charge in [-0.3, -0.25) is 4.98 Å². The van der Waals surface area contributed by atoms with E-state index < -0.39 is 0 Å². The van der Waals surface area contributed by atoms with Crippen LogP contribution in [0.1, 0.15) is 30.0 Å². The molecule has 0 aliphatic carbocycles. The zero-order valence-corrected chi connectivity index (χ0v) is 9.76. The van der Waals surface area contributed by atoms with Crippen LogP contribution in [0.3, 0.4) is 0 Å². The van der Waals surface area contributed by atoms with Crippen LogP contribution < -0.4 is 5.32 Å². The Bertz CT molecular complexity index is 453. The Labute approximate surface area is 100 Å². The van der Waals surface area contributed by atoms with E-state index in [2.05, 4.69) is 17.2 Å². The summed E-state index contributed by atoms with van der Waals surface area (Å²) in [6.45, 7) is 2.65. The van der Waals surface area contributed by atoms with Gasteiger partial charge in [-0.1, -0.05) is 6.07 Å². The zero-order valence-electron chi connectivity index (χ0n) is 9.76. The van der Waals surface area contributed by atoms with E-state index in [-0.39, 0.29) is 12.6 Å². The predicted molar refractivity (Wildman–Crippen MR) is 64.1 cm³/mol. The lowest BCUT2D eigenvalue weighted by Crippen LogP contribution is -2.17. The molecule has 4 nitrogen and oxygen atoms in total. The number of hydrogen-bond donors (Lipinski definition) is 2. The van der Waals surface area contributed by atoms with Gasteiger partial charge in [-0.25, -0.2) is 0 Å². The molecule has 2 N–H and O–H groups in total. The maximum atomic E-state index is 8.88. The van der Waals surface area contributed by atoms with E-state index in [0.717, 1.165) is 11.3 Å². The van der Waals surface area contributed by atoms with Crippen LogP contribution >= 0.6 is 0 Å². The first-order chi connectivity index (χ1) is 8.29. The highest BCUT2D eigenvalue weighted by Crippen LogP contribution is 2.12. The Morgan fingerprint density at radius 1 is 1.35 bits per heavy atom. The van der Waals surface area contributed by atoms with Crippen LogP contribution in [0.25, 0.3) is 0 Å². The number of aliphatic hydroxyl groups excluding tert-OH is 1. The normalized spacial score (nSPS) is 12.6.